The summed E-state index contributed by atoms with van der Waals surface area (Å²) in [4.78, 5) is 24.8. The fraction of sp³-hybridized carbons (Fsp3) is 0.261. The first-order valence-electron chi connectivity index (χ1n) is 10.5. The molecule has 1 amide bonds. The van der Waals surface area contributed by atoms with Gasteiger partial charge in [0.25, 0.3) is 5.91 Å². The van der Waals surface area contributed by atoms with Gasteiger partial charge in [0.1, 0.15) is 5.82 Å². The molecule has 1 aromatic carbocycles. The van der Waals surface area contributed by atoms with Gasteiger partial charge in [-0.05, 0) is 31.3 Å². The Hall–Kier alpha value is -3.36. The Labute approximate surface area is 190 Å². The number of likely N-dealkylation sites (N-methyl/N-ethyl adjacent to an activating group) is 1. The molecule has 4 heterocycles. The second-order valence-electron chi connectivity index (χ2n) is 8.16. The van der Waals surface area contributed by atoms with Crippen LogP contribution in [0, 0.1) is 0 Å². The number of fused-ring (bicyclic) bond motifs is 1. The average Bonchev–Trinajstić information content (AvgIpc) is 3.41. The van der Waals surface area contributed by atoms with Gasteiger partial charge in [-0.2, -0.15) is 5.10 Å². The Morgan fingerprint density at radius 3 is 2.62 bits per heavy atom. The van der Waals surface area contributed by atoms with Gasteiger partial charge in [0.2, 0.25) is 0 Å². The van der Waals surface area contributed by atoms with Gasteiger partial charge >= 0.3 is 0 Å². The van der Waals surface area contributed by atoms with Gasteiger partial charge in [0.05, 0.1) is 22.4 Å². The van der Waals surface area contributed by atoms with Gasteiger partial charge in [-0.15, -0.1) is 0 Å². The van der Waals surface area contributed by atoms with Crippen LogP contribution in [0.5, 0.6) is 0 Å². The summed E-state index contributed by atoms with van der Waals surface area (Å²) < 4.78 is 1.77. The molecule has 32 heavy (non-hydrogen) atoms. The summed E-state index contributed by atoms with van der Waals surface area (Å²) in [5.41, 5.74) is 4.25. The summed E-state index contributed by atoms with van der Waals surface area (Å²) in [5, 5.41) is 8.97. The summed E-state index contributed by atoms with van der Waals surface area (Å²) in [7, 11) is 3.96. The molecule has 8 nitrogen and oxygen atoms in total. The Bertz CT molecular complexity index is 1290. The molecule has 1 fully saturated rings. The summed E-state index contributed by atoms with van der Waals surface area (Å²) in [6.07, 6.45) is 5.59. The van der Waals surface area contributed by atoms with Crippen LogP contribution in [-0.2, 0) is 7.05 Å². The van der Waals surface area contributed by atoms with Crippen molar-refractivity contribution in [3.8, 4) is 11.3 Å². The van der Waals surface area contributed by atoms with Crippen LogP contribution in [0.15, 0.2) is 48.9 Å². The zero-order valence-electron chi connectivity index (χ0n) is 18.0. The number of rotatable bonds is 4. The molecule has 4 aromatic rings. The molecular formula is C23H24ClN7O. The maximum atomic E-state index is 12.8. The molecule has 0 radical (unpaired) electrons. The predicted molar refractivity (Wildman–Crippen MR) is 126 cm³/mol. The maximum absolute atomic E-state index is 12.8. The topological polar surface area (TPSA) is 82.1 Å². The van der Waals surface area contributed by atoms with Crippen molar-refractivity contribution in [2.45, 2.75) is 0 Å². The molecule has 1 aliphatic rings. The first-order chi connectivity index (χ1) is 15.5. The lowest BCUT2D eigenvalue weighted by molar-refractivity contribution is 0.0664. The number of hydrogen-bond donors (Lipinski definition) is 2. The number of carbonyl (C=O) groups excluding carboxylic acids is 1. The van der Waals surface area contributed by atoms with Crippen LogP contribution in [0.25, 0.3) is 22.2 Å². The number of aromatic nitrogens is 4. The van der Waals surface area contributed by atoms with Crippen molar-refractivity contribution < 1.29 is 4.79 Å². The minimum Gasteiger partial charge on any atom is -0.354 e. The number of H-pyrrole nitrogens is 1. The number of hydrogen-bond acceptors (Lipinski definition) is 5. The number of aromatic amines is 1. The standard InChI is InChI=1S/C23H24ClN7O/c1-29-5-7-31(8-6-29)23(32)15-3-4-19(18(24)9-15)28-22-11-21-16(12-25-22)10-20(27-21)17-13-26-30(2)14-17/h3-4,9-14,27H,5-8H2,1-2H3,(H,25,28). The van der Waals surface area contributed by atoms with E-state index in [0.717, 1.165) is 48.3 Å². The Morgan fingerprint density at radius 1 is 1.09 bits per heavy atom. The fourth-order valence-corrected chi connectivity index (χ4v) is 4.12. The lowest BCUT2D eigenvalue weighted by Gasteiger charge is -2.32. The van der Waals surface area contributed by atoms with E-state index in [0.29, 0.717) is 22.1 Å². The van der Waals surface area contributed by atoms with Crippen molar-refractivity contribution in [3.63, 3.8) is 0 Å². The smallest absolute Gasteiger partial charge is 0.253 e. The van der Waals surface area contributed by atoms with Crippen molar-refractivity contribution in [3.05, 3.63) is 59.5 Å². The van der Waals surface area contributed by atoms with E-state index in [2.05, 4.69) is 38.4 Å². The number of aryl methyl sites for hydroxylation is 1. The third-order valence-corrected chi connectivity index (χ3v) is 6.10. The number of nitrogens with one attached hydrogen (secondary N) is 2. The minimum atomic E-state index is 0.0143. The van der Waals surface area contributed by atoms with E-state index in [1.54, 1.807) is 10.7 Å². The summed E-state index contributed by atoms with van der Waals surface area (Å²) in [6.45, 7) is 3.23. The molecular weight excluding hydrogens is 426 g/mol. The lowest BCUT2D eigenvalue weighted by atomic mass is 10.1. The van der Waals surface area contributed by atoms with Crippen LogP contribution in [0.1, 0.15) is 10.4 Å². The van der Waals surface area contributed by atoms with Gasteiger partial charge in [0.15, 0.2) is 0 Å². The van der Waals surface area contributed by atoms with Crippen molar-refractivity contribution in [2.75, 3.05) is 38.5 Å². The Balaban J connectivity index is 1.33. The summed E-state index contributed by atoms with van der Waals surface area (Å²) >= 11 is 6.50. The minimum absolute atomic E-state index is 0.0143. The molecule has 0 aliphatic carbocycles. The van der Waals surface area contributed by atoms with Crippen LogP contribution in [0.4, 0.5) is 11.5 Å². The largest absolute Gasteiger partial charge is 0.354 e. The first-order valence-corrected chi connectivity index (χ1v) is 10.9. The fourth-order valence-electron chi connectivity index (χ4n) is 3.89. The third kappa shape index (κ3) is 4.06. The number of piperazine rings is 1. The molecule has 5 rings (SSSR count). The highest BCUT2D eigenvalue weighted by Gasteiger charge is 2.21. The number of halogens is 1. The summed E-state index contributed by atoms with van der Waals surface area (Å²) in [5.74, 6) is 0.678. The average molecular weight is 450 g/mol. The van der Waals surface area contributed by atoms with Crippen molar-refractivity contribution in [1.29, 1.82) is 0 Å². The van der Waals surface area contributed by atoms with E-state index in [1.807, 2.05) is 48.7 Å². The van der Waals surface area contributed by atoms with Gasteiger partial charge in [0, 0.05) is 73.9 Å². The van der Waals surface area contributed by atoms with E-state index >= 15 is 0 Å². The first kappa shape index (κ1) is 20.5. The molecule has 0 unspecified atom stereocenters. The van der Waals surface area contributed by atoms with Crippen LogP contribution >= 0.6 is 11.6 Å². The highest BCUT2D eigenvalue weighted by Crippen LogP contribution is 2.29. The molecule has 0 saturated carbocycles. The van der Waals surface area contributed by atoms with Crippen LogP contribution in [0.2, 0.25) is 5.02 Å². The van der Waals surface area contributed by atoms with E-state index in [9.17, 15) is 4.79 Å². The molecule has 0 atom stereocenters. The Morgan fingerprint density at radius 2 is 1.91 bits per heavy atom. The van der Waals surface area contributed by atoms with Crippen molar-refractivity contribution in [2.24, 2.45) is 7.05 Å². The number of amides is 1. The number of carbonyl (C=O) groups is 1. The molecule has 1 aliphatic heterocycles. The highest BCUT2D eigenvalue weighted by atomic mass is 35.5. The van der Waals surface area contributed by atoms with Gasteiger partial charge < -0.3 is 20.1 Å². The van der Waals surface area contributed by atoms with Crippen LogP contribution < -0.4 is 5.32 Å². The van der Waals surface area contributed by atoms with E-state index < -0.39 is 0 Å². The molecule has 164 valence electrons. The second-order valence-corrected chi connectivity index (χ2v) is 8.56. The maximum Gasteiger partial charge on any atom is 0.253 e. The second kappa shape index (κ2) is 8.29. The lowest BCUT2D eigenvalue weighted by Crippen LogP contribution is -2.47. The van der Waals surface area contributed by atoms with Gasteiger partial charge in [-0.1, -0.05) is 11.6 Å². The van der Waals surface area contributed by atoms with E-state index in [-0.39, 0.29) is 5.91 Å². The SMILES string of the molecule is CN1CCN(C(=O)c2ccc(Nc3cc4[nH]c(-c5cnn(C)c5)cc4cn3)c(Cl)c2)CC1. The van der Waals surface area contributed by atoms with E-state index in [1.165, 1.54) is 0 Å². The number of nitrogens with zero attached hydrogens (tertiary/aromatic N) is 5. The predicted octanol–water partition coefficient (Wildman–Crippen LogP) is 3.75. The quantitative estimate of drug-likeness (QED) is 0.496. The molecule has 3 aromatic heterocycles. The van der Waals surface area contributed by atoms with Crippen molar-refractivity contribution in [1.82, 2.24) is 29.5 Å². The van der Waals surface area contributed by atoms with E-state index in [4.69, 9.17) is 11.6 Å². The molecule has 1 saturated heterocycles. The van der Waals surface area contributed by atoms with Gasteiger partial charge in [-0.25, -0.2) is 4.98 Å². The molecule has 0 bridgehead atoms. The normalized spacial score (nSPS) is 14.8. The van der Waals surface area contributed by atoms with Crippen LogP contribution in [0.3, 0.4) is 0 Å². The number of pyridine rings is 1. The monoisotopic (exact) mass is 449 g/mol. The molecule has 9 heteroatoms. The molecule has 0 spiro atoms. The zero-order chi connectivity index (χ0) is 22.2. The molecule has 2 N–H and O–H groups in total. The highest BCUT2D eigenvalue weighted by molar-refractivity contribution is 6.33. The van der Waals surface area contributed by atoms with Crippen molar-refractivity contribution >= 4 is 39.9 Å². The third-order valence-electron chi connectivity index (χ3n) is 5.79. The van der Waals surface area contributed by atoms with Gasteiger partial charge in [-0.3, -0.25) is 9.48 Å². The number of anilines is 2. The zero-order valence-corrected chi connectivity index (χ0v) is 18.7. The number of benzene rings is 1. The Kier molecular flexibility index (Phi) is 5.32. The summed E-state index contributed by atoms with van der Waals surface area (Å²) in [6, 6.07) is 9.34. The van der Waals surface area contributed by atoms with Crippen LogP contribution in [-0.4, -0.2) is 68.7 Å².